The van der Waals surface area contributed by atoms with E-state index in [-0.39, 0.29) is 17.7 Å². The van der Waals surface area contributed by atoms with Gasteiger partial charge in [0, 0.05) is 18.0 Å². The van der Waals surface area contributed by atoms with Crippen molar-refractivity contribution in [2.75, 3.05) is 13.2 Å². The van der Waals surface area contributed by atoms with Crippen molar-refractivity contribution in [3.8, 4) is 0 Å². The van der Waals surface area contributed by atoms with Crippen LogP contribution in [-0.4, -0.2) is 41.0 Å². The molecule has 1 aliphatic carbocycles. The third-order valence-corrected chi connectivity index (χ3v) is 5.99. The highest BCUT2D eigenvalue weighted by atomic mass is 35.5. The van der Waals surface area contributed by atoms with Crippen LogP contribution in [-0.2, 0) is 9.53 Å². The van der Waals surface area contributed by atoms with Gasteiger partial charge in [-0.25, -0.2) is 9.78 Å². The molecule has 2 atom stereocenters. The molecule has 6 heteroatoms. The molecule has 2 aromatic rings. The summed E-state index contributed by atoms with van der Waals surface area (Å²) in [7, 11) is 0. The highest BCUT2D eigenvalue weighted by Gasteiger charge is 2.35. The Morgan fingerprint density at radius 1 is 1.15 bits per heavy atom. The van der Waals surface area contributed by atoms with E-state index in [1.54, 1.807) is 12.1 Å². The molecule has 0 spiro atoms. The molecule has 27 heavy (non-hydrogen) atoms. The molecule has 142 valence electrons. The van der Waals surface area contributed by atoms with Gasteiger partial charge in [0.2, 0.25) is 0 Å². The van der Waals surface area contributed by atoms with Gasteiger partial charge in [0.05, 0.1) is 11.1 Å². The lowest BCUT2D eigenvalue weighted by Gasteiger charge is -2.44. The fourth-order valence-electron chi connectivity index (χ4n) is 4.53. The monoisotopic (exact) mass is 386 g/mol. The van der Waals surface area contributed by atoms with Gasteiger partial charge in [-0.15, -0.1) is 0 Å². The molecule has 5 nitrogen and oxygen atoms in total. The smallest absolute Gasteiger partial charge is 0.339 e. The van der Waals surface area contributed by atoms with E-state index in [1.807, 2.05) is 17.0 Å². The molecule has 2 fully saturated rings. The van der Waals surface area contributed by atoms with Crippen LogP contribution < -0.4 is 0 Å². The van der Waals surface area contributed by atoms with Crippen molar-refractivity contribution in [2.24, 2.45) is 5.92 Å². The predicted molar refractivity (Wildman–Crippen MR) is 104 cm³/mol. The van der Waals surface area contributed by atoms with Crippen LogP contribution in [0.2, 0.25) is 5.15 Å². The number of rotatable bonds is 3. The molecule has 0 unspecified atom stereocenters. The quantitative estimate of drug-likeness (QED) is 0.585. The Bertz CT molecular complexity index is 868. The number of carbonyl (C=O) groups is 2. The van der Waals surface area contributed by atoms with Crippen LogP contribution in [0.3, 0.4) is 0 Å². The minimum atomic E-state index is -0.541. The van der Waals surface area contributed by atoms with Crippen LogP contribution in [0, 0.1) is 5.92 Å². The van der Waals surface area contributed by atoms with Crippen LogP contribution >= 0.6 is 11.6 Å². The number of esters is 1. The van der Waals surface area contributed by atoms with E-state index in [0.29, 0.717) is 28.4 Å². The lowest BCUT2D eigenvalue weighted by Crippen LogP contribution is -2.50. The lowest BCUT2D eigenvalue weighted by molar-refractivity contribution is -0.140. The number of aromatic nitrogens is 1. The van der Waals surface area contributed by atoms with Gasteiger partial charge in [-0.2, -0.15) is 0 Å². The SMILES string of the molecule is O=C(OCC(=O)N1CCC[C@H]2CCCC[C@H]21)c1cc(Cl)nc2ccccc12. The molecule has 1 amide bonds. The van der Waals surface area contributed by atoms with Gasteiger partial charge in [-0.3, -0.25) is 4.79 Å². The van der Waals surface area contributed by atoms with Crippen LogP contribution in [0.4, 0.5) is 0 Å². The molecule has 2 heterocycles. The second-order valence-corrected chi connectivity index (χ2v) is 7.81. The Morgan fingerprint density at radius 3 is 2.81 bits per heavy atom. The largest absolute Gasteiger partial charge is 0.452 e. The van der Waals surface area contributed by atoms with Crippen molar-refractivity contribution in [1.29, 1.82) is 0 Å². The number of para-hydroxylation sites is 1. The zero-order valence-corrected chi connectivity index (χ0v) is 16.0. The molecule has 1 aromatic carbocycles. The molecule has 0 bridgehead atoms. The average molecular weight is 387 g/mol. The molecular weight excluding hydrogens is 364 g/mol. The molecule has 1 aromatic heterocycles. The number of ether oxygens (including phenoxy) is 1. The van der Waals surface area contributed by atoms with E-state index in [0.717, 1.165) is 19.4 Å². The number of nitrogens with zero attached hydrogens (tertiary/aromatic N) is 2. The minimum absolute atomic E-state index is 0.0931. The fraction of sp³-hybridized carbons (Fsp3) is 0.476. The maximum Gasteiger partial charge on any atom is 0.339 e. The number of piperidine rings is 1. The first-order chi connectivity index (χ1) is 13.1. The van der Waals surface area contributed by atoms with Crippen molar-refractivity contribution in [1.82, 2.24) is 9.88 Å². The summed E-state index contributed by atoms with van der Waals surface area (Å²) in [6.07, 6.45) is 6.94. The fourth-order valence-corrected chi connectivity index (χ4v) is 4.73. The lowest BCUT2D eigenvalue weighted by atomic mass is 9.78. The van der Waals surface area contributed by atoms with E-state index >= 15 is 0 Å². The van der Waals surface area contributed by atoms with Gasteiger partial charge in [0.25, 0.3) is 5.91 Å². The van der Waals surface area contributed by atoms with Crippen LogP contribution in [0.15, 0.2) is 30.3 Å². The maximum absolute atomic E-state index is 12.7. The summed E-state index contributed by atoms with van der Waals surface area (Å²) in [6.45, 7) is 0.540. The topological polar surface area (TPSA) is 59.5 Å². The summed E-state index contributed by atoms with van der Waals surface area (Å²) in [6, 6.07) is 9.07. The normalized spacial score (nSPS) is 22.3. The number of benzene rings is 1. The van der Waals surface area contributed by atoms with Gasteiger partial charge >= 0.3 is 5.97 Å². The Labute approximate surface area is 163 Å². The summed E-state index contributed by atoms with van der Waals surface area (Å²) in [5, 5.41) is 0.901. The first kappa shape index (κ1) is 18.2. The van der Waals surface area contributed by atoms with Crippen LogP contribution in [0.1, 0.15) is 48.9 Å². The van der Waals surface area contributed by atoms with Crippen molar-refractivity contribution in [3.63, 3.8) is 0 Å². The standard InChI is InChI=1S/C21H23ClN2O3/c22-19-12-16(15-8-2-3-9-17(15)23-19)21(26)27-13-20(25)24-11-5-7-14-6-1-4-10-18(14)24/h2-3,8-9,12,14,18H,1,4-7,10-11,13H2/t14-,18-/m1/s1. The number of pyridine rings is 1. The van der Waals surface area contributed by atoms with Crippen LogP contribution in [0.5, 0.6) is 0 Å². The highest BCUT2D eigenvalue weighted by Crippen LogP contribution is 2.35. The van der Waals surface area contributed by atoms with Gasteiger partial charge in [-0.1, -0.05) is 42.6 Å². The van der Waals surface area contributed by atoms with Gasteiger partial charge in [-0.05, 0) is 43.7 Å². The Hall–Kier alpha value is -2.14. The molecule has 1 saturated heterocycles. The van der Waals surface area contributed by atoms with Gasteiger partial charge in [0.15, 0.2) is 6.61 Å². The number of fused-ring (bicyclic) bond motifs is 2. The maximum atomic E-state index is 12.7. The summed E-state index contributed by atoms with van der Waals surface area (Å²) in [5.74, 6) is -0.0273. The molecule has 0 radical (unpaired) electrons. The zero-order valence-electron chi connectivity index (χ0n) is 15.2. The van der Waals surface area contributed by atoms with E-state index in [1.165, 1.54) is 31.7 Å². The third kappa shape index (κ3) is 3.79. The zero-order chi connectivity index (χ0) is 18.8. The first-order valence-electron chi connectivity index (χ1n) is 9.65. The average Bonchev–Trinajstić information content (AvgIpc) is 2.70. The second kappa shape index (κ2) is 7.85. The first-order valence-corrected chi connectivity index (χ1v) is 10.0. The van der Waals surface area contributed by atoms with Crippen molar-refractivity contribution in [2.45, 2.75) is 44.6 Å². The molecule has 2 aliphatic rings. The number of hydrogen-bond donors (Lipinski definition) is 0. The number of amides is 1. The van der Waals surface area contributed by atoms with Crippen molar-refractivity contribution < 1.29 is 14.3 Å². The second-order valence-electron chi connectivity index (χ2n) is 7.43. The number of likely N-dealkylation sites (tertiary alicyclic amines) is 1. The van der Waals surface area contributed by atoms with Crippen molar-refractivity contribution >= 4 is 34.4 Å². The molecular formula is C21H23ClN2O3. The third-order valence-electron chi connectivity index (χ3n) is 5.80. The molecule has 1 aliphatic heterocycles. The van der Waals surface area contributed by atoms with E-state index < -0.39 is 5.97 Å². The van der Waals surface area contributed by atoms with E-state index in [9.17, 15) is 9.59 Å². The van der Waals surface area contributed by atoms with Crippen molar-refractivity contribution in [3.05, 3.63) is 41.0 Å². The molecule has 1 saturated carbocycles. The predicted octanol–water partition coefficient (Wildman–Crippen LogP) is 4.23. The number of hydrogen-bond acceptors (Lipinski definition) is 4. The van der Waals surface area contributed by atoms with E-state index in [2.05, 4.69) is 4.98 Å². The van der Waals surface area contributed by atoms with Gasteiger partial charge < -0.3 is 9.64 Å². The molecule has 0 N–H and O–H groups in total. The highest BCUT2D eigenvalue weighted by molar-refractivity contribution is 6.30. The summed E-state index contributed by atoms with van der Waals surface area (Å²) < 4.78 is 5.37. The number of carbonyl (C=O) groups excluding carboxylic acids is 2. The Balaban J connectivity index is 1.45. The molecule has 4 rings (SSSR count). The number of halogens is 1. The Kier molecular flexibility index (Phi) is 5.30. The van der Waals surface area contributed by atoms with E-state index in [4.69, 9.17) is 16.3 Å². The van der Waals surface area contributed by atoms with Crippen LogP contribution in [0.25, 0.3) is 10.9 Å². The summed E-state index contributed by atoms with van der Waals surface area (Å²) >= 11 is 6.03. The summed E-state index contributed by atoms with van der Waals surface area (Å²) in [4.78, 5) is 31.5. The van der Waals surface area contributed by atoms with Gasteiger partial charge in [0.1, 0.15) is 5.15 Å². The summed E-state index contributed by atoms with van der Waals surface area (Å²) in [5.41, 5.74) is 0.969. The Morgan fingerprint density at radius 2 is 1.93 bits per heavy atom. The minimum Gasteiger partial charge on any atom is -0.452 e.